The molecular formula is C15H18ClN3O2. The molecule has 1 unspecified atom stereocenters. The fraction of sp³-hybridized carbons (Fsp3) is 0.333. The van der Waals surface area contributed by atoms with E-state index in [9.17, 15) is 9.59 Å². The van der Waals surface area contributed by atoms with E-state index in [0.29, 0.717) is 24.4 Å². The van der Waals surface area contributed by atoms with Crippen LogP contribution in [0.3, 0.4) is 0 Å². The number of carbonyl (C=O) groups is 2. The van der Waals surface area contributed by atoms with Crippen molar-refractivity contribution >= 4 is 29.4 Å². The third-order valence-corrected chi connectivity index (χ3v) is 3.74. The molecule has 1 aliphatic heterocycles. The van der Waals surface area contributed by atoms with E-state index in [1.54, 1.807) is 12.1 Å². The second-order valence-electron chi connectivity index (χ2n) is 4.82. The maximum Gasteiger partial charge on any atom is 0.203 e. The summed E-state index contributed by atoms with van der Waals surface area (Å²) in [5.41, 5.74) is 8.96. The number of nitrogens with one attached hydrogen (secondary N) is 3. The van der Waals surface area contributed by atoms with Gasteiger partial charge >= 0.3 is 0 Å². The number of carbonyl (C=O) groups excluding carboxylic acids is 2. The van der Waals surface area contributed by atoms with Crippen molar-refractivity contribution in [3.05, 3.63) is 40.6 Å². The van der Waals surface area contributed by atoms with E-state index in [2.05, 4.69) is 16.2 Å². The quantitative estimate of drug-likeness (QED) is 0.425. The molecule has 1 saturated heterocycles. The lowest BCUT2D eigenvalue weighted by atomic mass is 9.96. The van der Waals surface area contributed by atoms with Gasteiger partial charge in [-0.05, 0) is 36.3 Å². The van der Waals surface area contributed by atoms with Crippen molar-refractivity contribution in [2.45, 2.75) is 13.3 Å². The van der Waals surface area contributed by atoms with Gasteiger partial charge in [0.15, 0.2) is 6.29 Å². The lowest BCUT2D eigenvalue weighted by molar-refractivity contribution is -0.131. The molecule has 2 rings (SSSR count). The van der Waals surface area contributed by atoms with E-state index in [1.165, 1.54) is 0 Å². The Morgan fingerprint density at radius 3 is 2.76 bits per heavy atom. The number of rotatable bonds is 6. The molecule has 0 aliphatic carbocycles. The molecule has 1 fully saturated rings. The summed E-state index contributed by atoms with van der Waals surface area (Å²) >= 11 is 5.84. The zero-order valence-corrected chi connectivity index (χ0v) is 12.5. The first-order valence-electron chi connectivity index (χ1n) is 6.85. The van der Waals surface area contributed by atoms with Crippen LogP contribution in [0.25, 0.3) is 0 Å². The lowest BCUT2D eigenvalue weighted by Gasteiger charge is -2.17. The number of allylic oxidation sites excluding steroid dienone is 1. The Hall–Kier alpha value is -1.85. The Morgan fingerprint density at radius 2 is 2.14 bits per heavy atom. The van der Waals surface area contributed by atoms with Crippen LogP contribution in [-0.2, 0) is 9.59 Å². The number of hydrazine groups is 1. The molecule has 21 heavy (non-hydrogen) atoms. The van der Waals surface area contributed by atoms with Gasteiger partial charge in [-0.15, -0.1) is 0 Å². The molecule has 0 saturated carbocycles. The minimum atomic E-state index is -0.380. The summed E-state index contributed by atoms with van der Waals surface area (Å²) in [7, 11) is 0. The van der Waals surface area contributed by atoms with E-state index in [1.807, 2.05) is 19.1 Å². The standard InChI is InChI=1S/C15H18ClN3O2/c1-2-14(12-7-17-8-13(12)15(21)9-20)19-18-11-5-3-10(16)4-6-11/h3-6,9,13,17-19H,2,7-8H2,1H3. The summed E-state index contributed by atoms with van der Waals surface area (Å²) in [6.07, 6.45) is 1.14. The van der Waals surface area contributed by atoms with Crippen molar-refractivity contribution < 1.29 is 9.59 Å². The Morgan fingerprint density at radius 1 is 1.43 bits per heavy atom. The Kier molecular flexibility index (Phi) is 5.36. The van der Waals surface area contributed by atoms with Crippen molar-refractivity contribution in [1.82, 2.24) is 10.7 Å². The van der Waals surface area contributed by atoms with E-state index < -0.39 is 0 Å². The number of aldehydes is 1. The van der Waals surface area contributed by atoms with Crippen LogP contribution in [-0.4, -0.2) is 25.2 Å². The highest BCUT2D eigenvalue weighted by atomic mass is 35.5. The second-order valence-corrected chi connectivity index (χ2v) is 5.25. The fourth-order valence-electron chi connectivity index (χ4n) is 2.35. The lowest BCUT2D eigenvalue weighted by Crippen LogP contribution is -2.26. The van der Waals surface area contributed by atoms with E-state index in [4.69, 9.17) is 11.6 Å². The smallest absolute Gasteiger partial charge is 0.203 e. The third kappa shape index (κ3) is 3.83. The van der Waals surface area contributed by atoms with Gasteiger partial charge in [-0.1, -0.05) is 18.5 Å². The van der Waals surface area contributed by atoms with Crippen LogP contribution in [0.15, 0.2) is 35.5 Å². The summed E-state index contributed by atoms with van der Waals surface area (Å²) < 4.78 is 0. The number of hydrogen-bond donors (Lipinski definition) is 3. The maximum atomic E-state index is 11.7. The van der Waals surface area contributed by atoms with Crippen LogP contribution < -0.4 is 16.2 Å². The third-order valence-electron chi connectivity index (χ3n) is 3.49. The molecule has 1 heterocycles. The van der Waals surface area contributed by atoms with Gasteiger partial charge in [-0.2, -0.15) is 0 Å². The Bertz CT molecular complexity index is 555. The molecule has 0 aromatic heterocycles. The maximum absolute atomic E-state index is 11.7. The molecule has 0 radical (unpaired) electrons. The molecule has 0 bridgehead atoms. The summed E-state index contributed by atoms with van der Waals surface area (Å²) in [6, 6.07) is 7.29. The Labute approximate surface area is 128 Å². The number of anilines is 1. The molecule has 3 N–H and O–H groups in total. The van der Waals surface area contributed by atoms with Gasteiger partial charge in [-0.3, -0.25) is 9.59 Å². The zero-order valence-electron chi connectivity index (χ0n) is 11.8. The first-order chi connectivity index (χ1) is 10.2. The highest BCUT2D eigenvalue weighted by Crippen LogP contribution is 2.21. The monoisotopic (exact) mass is 307 g/mol. The Balaban J connectivity index is 2.10. The van der Waals surface area contributed by atoms with Crippen molar-refractivity contribution in [3.63, 3.8) is 0 Å². The average molecular weight is 308 g/mol. The fourth-order valence-corrected chi connectivity index (χ4v) is 2.47. The molecule has 1 aliphatic rings. The van der Waals surface area contributed by atoms with Crippen molar-refractivity contribution in [2.75, 3.05) is 18.5 Å². The highest BCUT2D eigenvalue weighted by molar-refractivity contribution is 6.30. The van der Waals surface area contributed by atoms with Crippen LogP contribution in [0.1, 0.15) is 13.3 Å². The average Bonchev–Trinajstić information content (AvgIpc) is 2.98. The molecule has 1 atom stereocenters. The van der Waals surface area contributed by atoms with E-state index in [0.717, 1.165) is 23.4 Å². The molecule has 0 amide bonds. The second kappa shape index (κ2) is 7.24. The van der Waals surface area contributed by atoms with Gasteiger partial charge in [0.05, 0.1) is 11.6 Å². The zero-order chi connectivity index (χ0) is 15.2. The van der Waals surface area contributed by atoms with Gasteiger partial charge in [0, 0.05) is 23.8 Å². The highest BCUT2D eigenvalue weighted by Gasteiger charge is 2.29. The van der Waals surface area contributed by atoms with Gasteiger partial charge in [0.1, 0.15) is 0 Å². The predicted octanol–water partition coefficient (Wildman–Crippen LogP) is 1.91. The van der Waals surface area contributed by atoms with Crippen molar-refractivity contribution in [1.29, 1.82) is 0 Å². The van der Waals surface area contributed by atoms with Crippen LogP contribution in [0.2, 0.25) is 5.02 Å². The number of Topliss-reactive ketones (excluding diaryl/α,β-unsaturated/α-hetero) is 1. The molecule has 6 heteroatoms. The summed E-state index contributed by atoms with van der Waals surface area (Å²) in [5, 5.41) is 3.81. The number of ketones is 1. The SMILES string of the molecule is CCC(NNc1ccc(Cl)cc1)=C1CNCC1C(=O)C=O. The van der Waals surface area contributed by atoms with Crippen LogP contribution in [0.4, 0.5) is 5.69 Å². The van der Waals surface area contributed by atoms with Crippen LogP contribution in [0.5, 0.6) is 0 Å². The van der Waals surface area contributed by atoms with E-state index in [-0.39, 0.29) is 11.7 Å². The van der Waals surface area contributed by atoms with Crippen LogP contribution >= 0.6 is 11.6 Å². The van der Waals surface area contributed by atoms with Crippen LogP contribution in [0, 0.1) is 5.92 Å². The van der Waals surface area contributed by atoms with Gasteiger partial charge in [0.2, 0.25) is 5.78 Å². The molecule has 1 aromatic carbocycles. The molecule has 5 nitrogen and oxygen atoms in total. The predicted molar refractivity (Wildman–Crippen MR) is 83.0 cm³/mol. The largest absolute Gasteiger partial charge is 0.312 e. The summed E-state index contributed by atoms with van der Waals surface area (Å²) in [6.45, 7) is 3.13. The first kappa shape index (κ1) is 15.5. The molecular weight excluding hydrogens is 290 g/mol. The van der Waals surface area contributed by atoms with E-state index >= 15 is 0 Å². The first-order valence-corrected chi connectivity index (χ1v) is 7.22. The molecule has 1 aromatic rings. The minimum absolute atomic E-state index is 0.364. The molecule has 112 valence electrons. The topological polar surface area (TPSA) is 70.2 Å². The normalized spacial score (nSPS) is 20.0. The summed E-state index contributed by atoms with van der Waals surface area (Å²) in [4.78, 5) is 22.4. The van der Waals surface area contributed by atoms with Crippen molar-refractivity contribution in [2.24, 2.45) is 5.92 Å². The van der Waals surface area contributed by atoms with Crippen molar-refractivity contribution in [3.8, 4) is 0 Å². The van der Waals surface area contributed by atoms with Gasteiger partial charge in [-0.25, -0.2) is 0 Å². The number of halogens is 1. The number of hydrogen-bond acceptors (Lipinski definition) is 5. The van der Waals surface area contributed by atoms with Gasteiger partial charge < -0.3 is 16.2 Å². The van der Waals surface area contributed by atoms with Gasteiger partial charge in [0.25, 0.3) is 0 Å². The molecule has 0 spiro atoms. The summed E-state index contributed by atoms with van der Waals surface area (Å²) in [5.74, 6) is -0.744. The number of benzene rings is 1. The minimum Gasteiger partial charge on any atom is -0.312 e.